The van der Waals surface area contributed by atoms with Gasteiger partial charge in [-0.2, -0.15) is 0 Å². The summed E-state index contributed by atoms with van der Waals surface area (Å²) in [4.78, 5) is 38.3. The molecule has 3 unspecified atom stereocenters. The van der Waals surface area contributed by atoms with Crippen molar-refractivity contribution in [1.29, 1.82) is 0 Å². The molecule has 2 aromatic carbocycles. The monoisotopic (exact) mass is 444 g/mol. The molecule has 168 valence electrons. The molecule has 1 heterocycles. The van der Waals surface area contributed by atoms with E-state index < -0.39 is 18.1 Å². The van der Waals surface area contributed by atoms with Gasteiger partial charge in [-0.3, -0.25) is 9.59 Å². The van der Waals surface area contributed by atoms with Crippen LogP contribution in [0.15, 0.2) is 48.5 Å². The van der Waals surface area contributed by atoms with Crippen molar-refractivity contribution < 1.29 is 24.2 Å². The Morgan fingerprint density at radius 3 is 2.18 bits per heavy atom. The molecule has 2 aromatic rings. The van der Waals surface area contributed by atoms with Gasteiger partial charge in [0, 0.05) is 25.4 Å². The molecule has 1 saturated heterocycles. The van der Waals surface area contributed by atoms with Crippen LogP contribution in [0.1, 0.15) is 23.5 Å². The fourth-order valence-corrected chi connectivity index (χ4v) is 5.39. The molecule has 2 fully saturated rings. The average molecular weight is 444 g/mol. The molecule has 3 aliphatic rings. The predicted molar refractivity (Wildman–Crippen MR) is 120 cm³/mol. The second kappa shape index (κ2) is 8.28. The lowest BCUT2D eigenvalue weighted by Crippen LogP contribution is -2.49. The number of alkyl carbamates (subject to hydrolysis) is 1. The van der Waals surface area contributed by atoms with Crippen LogP contribution in [-0.4, -0.2) is 53.7 Å². The van der Waals surface area contributed by atoms with E-state index >= 15 is 0 Å². The van der Waals surface area contributed by atoms with Crippen molar-refractivity contribution >= 4 is 18.0 Å². The van der Waals surface area contributed by atoms with Crippen LogP contribution in [0, 0.1) is 30.1 Å². The first-order valence-electron chi connectivity index (χ1n) is 11.1. The summed E-state index contributed by atoms with van der Waals surface area (Å²) in [6, 6.07) is 15.2. The van der Waals surface area contributed by atoms with Gasteiger partial charge in [0.2, 0.25) is 5.91 Å². The summed E-state index contributed by atoms with van der Waals surface area (Å²) in [5.41, 5.74) is 4.48. The number of carbonyl (C=O) groups excluding carboxylic acids is 2. The van der Waals surface area contributed by atoms with Gasteiger partial charge in [0.25, 0.3) is 0 Å². The molecule has 2 aliphatic carbocycles. The summed E-state index contributed by atoms with van der Waals surface area (Å²) >= 11 is 0. The van der Waals surface area contributed by atoms with Crippen molar-refractivity contribution in [1.82, 2.24) is 10.2 Å². The Morgan fingerprint density at radius 1 is 1.06 bits per heavy atom. The van der Waals surface area contributed by atoms with Crippen LogP contribution in [0.3, 0.4) is 0 Å². The minimum Gasteiger partial charge on any atom is -0.481 e. The topological polar surface area (TPSA) is 95.9 Å². The number of nitrogens with zero attached hydrogens (tertiary/aromatic N) is 1. The van der Waals surface area contributed by atoms with Crippen LogP contribution >= 0.6 is 0 Å². The second-order valence-electron chi connectivity index (χ2n) is 8.87. The molecule has 0 spiro atoms. The number of carboxylic acids is 1. The van der Waals surface area contributed by atoms with E-state index in [1.165, 1.54) is 0 Å². The third-order valence-electron chi connectivity index (χ3n) is 7.05. The van der Waals surface area contributed by atoms with E-state index in [1.54, 1.807) is 4.90 Å². The number of hydrogen-bond donors (Lipinski definition) is 2. The summed E-state index contributed by atoms with van der Waals surface area (Å²) in [5, 5.41) is 11.8. The molecule has 0 bridgehead atoms. The molecular weight excluding hydrogens is 420 g/mol. The number of benzene rings is 2. The van der Waals surface area contributed by atoms with Gasteiger partial charge in [0.15, 0.2) is 0 Å². The van der Waals surface area contributed by atoms with Gasteiger partial charge < -0.3 is 20.1 Å². The first-order chi connectivity index (χ1) is 16.0. The van der Waals surface area contributed by atoms with E-state index in [9.17, 15) is 14.4 Å². The van der Waals surface area contributed by atoms with Gasteiger partial charge in [-0.05, 0) is 34.1 Å². The van der Waals surface area contributed by atoms with Crippen LogP contribution in [0.2, 0.25) is 0 Å². The first kappa shape index (κ1) is 21.1. The molecule has 1 aliphatic heterocycles. The van der Waals surface area contributed by atoms with E-state index in [0.717, 1.165) is 22.3 Å². The number of ether oxygens (including phenoxy) is 1. The lowest BCUT2D eigenvalue weighted by Gasteiger charge is -2.25. The molecule has 0 radical (unpaired) electrons. The molecular formula is C26H24N2O5. The summed E-state index contributed by atoms with van der Waals surface area (Å²) in [5.74, 6) is 0.874. The zero-order valence-electron chi connectivity index (χ0n) is 17.9. The number of amides is 2. The van der Waals surface area contributed by atoms with Crippen LogP contribution < -0.4 is 5.32 Å². The molecule has 1 saturated carbocycles. The van der Waals surface area contributed by atoms with E-state index in [2.05, 4.69) is 23.4 Å². The number of carbonyl (C=O) groups is 3. The number of nitrogens with one attached hydrogen (secondary N) is 1. The Morgan fingerprint density at radius 2 is 1.64 bits per heavy atom. The molecule has 2 amide bonds. The maximum atomic E-state index is 12.9. The van der Waals surface area contributed by atoms with E-state index in [1.807, 2.05) is 36.4 Å². The fourth-order valence-electron chi connectivity index (χ4n) is 5.39. The van der Waals surface area contributed by atoms with E-state index in [4.69, 9.17) is 16.3 Å². The maximum Gasteiger partial charge on any atom is 0.407 e. The van der Waals surface area contributed by atoms with Gasteiger partial charge in [0.1, 0.15) is 12.6 Å². The van der Waals surface area contributed by atoms with Gasteiger partial charge in [-0.25, -0.2) is 4.79 Å². The summed E-state index contributed by atoms with van der Waals surface area (Å²) in [6.07, 6.45) is 4.77. The number of carboxylic acid groups (broad SMARTS) is 1. The molecule has 7 nitrogen and oxygen atoms in total. The highest BCUT2D eigenvalue weighted by molar-refractivity contribution is 5.87. The van der Waals surface area contributed by atoms with E-state index in [0.29, 0.717) is 13.1 Å². The quantitative estimate of drug-likeness (QED) is 0.668. The van der Waals surface area contributed by atoms with Crippen molar-refractivity contribution in [3.8, 4) is 23.5 Å². The van der Waals surface area contributed by atoms with Gasteiger partial charge in [-0.1, -0.05) is 48.5 Å². The van der Waals surface area contributed by atoms with Crippen LogP contribution in [0.25, 0.3) is 11.1 Å². The second-order valence-corrected chi connectivity index (χ2v) is 8.87. The highest BCUT2D eigenvalue weighted by atomic mass is 16.5. The molecule has 2 N–H and O–H groups in total. The Balaban J connectivity index is 1.21. The minimum absolute atomic E-state index is 0.00705. The van der Waals surface area contributed by atoms with Crippen molar-refractivity contribution in [2.75, 3.05) is 19.7 Å². The van der Waals surface area contributed by atoms with Crippen LogP contribution in [-0.2, 0) is 14.3 Å². The SMILES string of the molecule is C#CCC(NC(=O)OCC1c2ccccc2-c2ccccc21)C(=O)N1CC2C(C1)C2C(=O)O. The van der Waals surface area contributed by atoms with Crippen molar-refractivity contribution in [3.05, 3.63) is 59.7 Å². The number of piperidine rings is 1. The highest BCUT2D eigenvalue weighted by Crippen LogP contribution is 2.51. The fraction of sp³-hybridized carbons (Fsp3) is 0.346. The summed E-state index contributed by atoms with van der Waals surface area (Å²) in [7, 11) is 0. The largest absolute Gasteiger partial charge is 0.481 e. The Labute approximate surface area is 191 Å². The molecule has 3 atom stereocenters. The van der Waals surface area contributed by atoms with Gasteiger partial charge in [0.05, 0.1) is 5.92 Å². The average Bonchev–Trinajstić information content (AvgIpc) is 3.17. The van der Waals surface area contributed by atoms with Gasteiger partial charge >= 0.3 is 12.1 Å². The predicted octanol–water partition coefficient (Wildman–Crippen LogP) is 2.71. The molecule has 7 heteroatoms. The third-order valence-corrected chi connectivity index (χ3v) is 7.05. The summed E-state index contributed by atoms with van der Waals surface area (Å²) in [6.45, 7) is 0.910. The zero-order valence-corrected chi connectivity index (χ0v) is 17.9. The Kier molecular flexibility index (Phi) is 5.29. The molecule has 0 aromatic heterocycles. The number of aliphatic carboxylic acids is 1. The zero-order chi connectivity index (χ0) is 23.1. The standard InChI is InChI=1S/C26H24N2O5/c1-2-7-22(24(29)28-12-19-20(13-28)23(19)25(30)31)27-26(32)33-14-21-17-10-5-3-8-15(17)16-9-4-6-11-18(16)21/h1,3-6,8-11,19-23H,7,12-14H2,(H,27,32)(H,30,31). The Hall–Kier alpha value is -3.79. The number of likely N-dealkylation sites (tertiary alicyclic amines) is 1. The maximum absolute atomic E-state index is 12.9. The third kappa shape index (κ3) is 3.72. The van der Waals surface area contributed by atoms with E-state index in [-0.39, 0.29) is 42.6 Å². The van der Waals surface area contributed by atoms with Gasteiger partial charge in [-0.15, -0.1) is 12.3 Å². The summed E-state index contributed by atoms with van der Waals surface area (Å²) < 4.78 is 5.54. The first-order valence-corrected chi connectivity index (χ1v) is 11.1. The minimum atomic E-state index is -0.897. The lowest BCUT2D eigenvalue weighted by atomic mass is 9.98. The van der Waals surface area contributed by atoms with Crippen molar-refractivity contribution in [2.45, 2.75) is 18.4 Å². The van der Waals surface area contributed by atoms with Crippen LogP contribution in [0.5, 0.6) is 0 Å². The smallest absolute Gasteiger partial charge is 0.407 e. The normalized spacial score (nSPS) is 23.0. The number of terminal acetylenes is 1. The van der Waals surface area contributed by atoms with Crippen molar-refractivity contribution in [2.24, 2.45) is 17.8 Å². The van der Waals surface area contributed by atoms with Crippen LogP contribution in [0.4, 0.5) is 4.79 Å². The highest BCUT2D eigenvalue weighted by Gasteiger charge is 2.60. The molecule has 5 rings (SSSR count). The van der Waals surface area contributed by atoms with Crippen molar-refractivity contribution in [3.63, 3.8) is 0 Å². The lowest BCUT2D eigenvalue weighted by molar-refractivity contribution is -0.141. The number of rotatable bonds is 6. The number of hydrogen-bond acceptors (Lipinski definition) is 4. The Bertz CT molecular complexity index is 1110. The number of fused-ring (bicyclic) bond motifs is 4. The molecule has 33 heavy (non-hydrogen) atoms.